The number of nitrogens with one attached hydrogen (secondary N) is 2. The van der Waals surface area contributed by atoms with Gasteiger partial charge in [0, 0.05) is 5.69 Å². The molecule has 0 aliphatic carbocycles. The number of aromatic amines is 1. The number of hydrogen-bond acceptors (Lipinski definition) is 6. The van der Waals surface area contributed by atoms with Crippen molar-refractivity contribution in [3.05, 3.63) is 35.4 Å². The molecule has 118 valence electrons. The number of nitrogens with zero attached hydrogens (tertiary/aromatic N) is 3. The molecule has 0 bridgehead atoms. The van der Waals surface area contributed by atoms with Crippen molar-refractivity contribution in [3.8, 4) is 0 Å². The molecule has 0 fully saturated rings. The number of rotatable bonds is 4. The van der Waals surface area contributed by atoms with Crippen molar-refractivity contribution in [2.75, 3.05) is 16.8 Å². The average Bonchev–Trinajstić information content (AvgIpc) is 2.97. The van der Waals surface area contributed by atoms with Crippen molar-refractivity contribution in [1.82, 2.24) is 19.9 Å². The summed E-state index contributed by atoms with van der Waals surface area (Å²) < 4.78 is 13.1. The number of nitrogen functional groups attached to an aromatic ring is 1. The van der Waals surface area contributed by atoms with E-state index >= 15 is 0 Å². The van der Waals surface area contributed by atoms with Crippen LogP contribution in [-0.4, -0.2) is 31.6 Å². The predicted molar refractivity (Wildman–Crippen MR) is 86.9 cm³/mol. The van der Waals surface area contributed by atoms with Gasteiger partial charge in [-0.15, -0.1) is 0 Å². The fourth-order valence-electron chi connectivity index (χ4n) is 1.83. The van der Waals surface area contributed by atoms with E-state index in [9.17, 15) is 9.18 Å². The zero-order chi connectivity index (χ0) is 16.4. The van der Waals surface area contributed by atoms with Crippen molar-refractivity contribution in [2.45, 2.75) is 5.03 Å². The summed E-state index contributed by atoms with van der Waals surface area (Å²) in [6.45, 7) is 0. The van der Waals surface area contributed by atoms with Gasteiger partial charge in [0.15, 0.2) is 5.65 Å². The number of anilines is 2. The van der Waals surface area contributed by atoms with Gasteiger partial charge in [-0.2, -0.15) is 4.98 Å². The van der Waals surface area contributed by atoms with Gasteiger partial charge in [0.1, 0.15) is 16.4 Å². The highest BCUT2D eigenvalue weighted by Gasteiger charge is 2.12. The number of hydrogen-bond donors (Lipinski definition) is 3. The van der Waals surface area contributed by atoms with Crippen LogP contribution in [0.1, 0.15) is 0 Å². The highest BCUT2D eigenvalue weighted by molar-refractivity contribution is 8.00. The van der Waals surface area contributed by atoms with E-state index in [1.807, 2.05) is 0 Å². The van der Waals surface area contributed by atoms with Gasteiger partial charge in [-0.25, -0.2) is 14.4 Å². The van der Waals surface area contributed by atoms with Crippen LogP contribution in [0.25, 0.3) is 11.2 Å². The van der Waals surface area contributed by atoms with Crippen molar-refractivity contribution >= 4 is 52.1 Å². The van der Waals surface area contributed by atoms with E-state index in [1.54, 1.807) is 0 Å². The van der Waals surface area contributed by atoms with Crippen LogP contribution >= 0.6 is 23.4 Å². The van der Waals surface area contributed by atoms with Crippen LogP contribution < -0.4 is 11.1 Å². The minimum atomic E-state index is -0.544. The topological polar surface area (TPSA) is 110 Å². The Morgan fingerprint density at radius 2 is 2.26 bits per heavy atom. The number of halogens is 2. The summed E-state index contributed by atoms with van der Waals surface area (Å²) >= 11 is 6.85. The molecule has 3 rings (SSSR count). The van der Waals surface area contributed by atoms with Gasteiger partial charge < -0.3 is 16.0 Å². The Balaban J connectivity index is 1.68. The number of carbonyl (C=O) groups is 1. The number of fused-ring (bicyclic) bond motifs is 1. The maximum atomic E-state index is 13.1. The molecule has 23 heavy (non-hydrogen) atoms. The summed E-state index contributed by atoms with van der Waals surface area (Å²) in [6, 6.07) is 3.96. The molecule has 3 aromatic rings. The number of carbonyl (C=O) groups excluding carboxylic acids is 1. The molecular formula is C13H10ClFN6OS. The van der Waals surface area contributed by atoms with Gasteiger partial charge in [0.2, 0.25) is 11.9 Å². The number of thioether (sulfide) groups is 1. The molecule has 4 N–H and O–H groups in total. The fourth-order valence-corrected chi connectivity index (χ4v) is 2.81. The fraction of sp³-hybridized carbons (Fsp3) is 0.0769. The Bertz CT molecular complexity index is 886. The van der Waals surface area contributed by atoms with Crippen LogP contribution in [0.2, 0.25) is 5.02 Å². The average molecular weight is 353 g/mol. The summed E-state index contributed by atoms with van der Waals surface area (Å²) in [7, 11) is 0. The van der Waals surface area contributed by atoms with Gasteiger partial charge in [-0.05, 0) is 18.2 Å². The lowest BCUT2D eigenvalue weighted by Crippen LogP contribution is -2.14. The third-order valence-corrected chi connectivity index (χ3v) is 4.08. The number of amides is 1. The van der Waals surface area contributed by atoms with Gasteiger partial charge in [0.25, 0.3) is 0 Å². The molecule has 1 aromatic carbocycles. The van der Waals surface area contributed by atoms with E-state index in [0.29, 0.717) is 21.9 Å². The Labute approximate surface area is 138 Å². The minimum absolute atomic E-state index is 0.0572. The number of benzene rings is 1. The second-order valence-corrected chi connectivity index (χ2v) is 5.83. The molecule has 0 unspecified atom stereocenters. The molecule has 2 aromatic heterocycles. The summed E-state index contributed by atoms with van der Waals surface area (Å²) in [5.74, 6) is -0.669. The van der Waals surface area contributed by atoms with Crippen LogP contribution in [0.15, 0.2) is 29.6 Å². The molecule has 1 amide bonds. The summed E-state index contributed by atoms with van der Waals surface area (Å²) in [5.41, 5.74) is 7.07. The zero-order valence-corrected chi connectivity index (χ0v) is 13.1. The second kappa shape index (κ2) is 6.39. The molecule has 0 saturated heterocycles. The van der Waals surface area contributed by atoms with Crippen LogP contribution in [0, 0.1) is 5.82 Å². The summed E-state index contributed by atoms with van der Waals surface area (Å²) in [5, 5.41) is 3.09. The predicted octanol–water partition coefficient (Wildman–Crippen LogP) is 2.46. The third kappa shape index (κ3) is 3.51. The van der Waals surface area contributed by atoms with Crippen molar-refractivity contribution in [2.24, 2.45) is 0 Å². The van der Waals surface area contributed by atoms with E-state index in [0.717, 1.165) is 0 Å². The molecule has 0 aliphatic heterocycles. The Morgan fingerprint density at radius 1 is 1.43 bits per heavy atom. The first kappa shape index (κ1) is 15.5. The van der Waals surface area contributed by atoms with E-state index in [-0.39, 0.29) is 22.6 Å². The molecule has 10 heteroatoms. The molecule has 0 spiro atoms. The number of imidazole rings is 1. The second-order valence-electron chi connectivity index (χ2n) is 4.45. The largest absolute Gasteiger partial charge is 0.368 e. The zero-order valence-electron chi connectivity index (χ0n) is 11.5. The first-order valence-electron chi connectivity index (χ1n) is 6.37. The van der Waals surface area contributed by atoms with Crippen LogP contribution in [0.4, 0.5) is 16.0 Å². The normalized spacial score (nSPS) is 10.9. The highest BCUT2D eigenvalue weighted by Crippen LogP contribution is 2.24. The monoisotopic (exact) mass is 352 g/mol. The smallest absolute Gasteiger partial charge is 0.234 e. The Morgan fingerprint density at radius 3 is 3.04 bits per heavy atom. The first-order chi connectivity index (χ1) is 11.0. The van der Waals surface area contributed by atoms with E-state index in [4.69, 9.17) is 17.3 Å². The Hall–Kier alpha value is -2.39. The first-order valence-corrected chi connectivity index (χ1v) is 7.73. The number of nitrogens with two attached hydrogens (primary N) is 1. The minimum Gasteiger partial charge on any atom is -0.368 e. The van der Waals surface area contributed by atoms with Crippen LogP contribution in [0.3, 0.4) is 0 Å². The SMILES string of the molecule is Nc1nc(SCC(=O)Nc2ccc(F)c(Cl)c2)c2[nH]cnc2n1. The molecule has 0 atom stereocenters. The van der Waals surface area contributed by atoms with E-state index in [1.165, 1.54) is 36.3 Å². The molecule has 7 nitrogen and oxygen atoms in total. The van der Waals surface area contributed by atoms with E-state index in [2.05, 4.69) is 25.3 Å². The molecule has 0 radical (unpaired) electrons. The van der Waals surface area contributed by atoms with E-state index < -0.39 is 5.82 Å². The maximum absolute atomic E-state index is 13.1. The van der Waals surface area contributed by atoms with Crippen molar-refractivity contribution < 1.29 is 9.18 Å². The lowest BCUT2D eigenvalue weighted by atomic mass is 10.3. The van der Waals surface area contributed by atoms with Crippen molar-refractivity contribution in [1.29, 1.82) is 0 Å². The Kier molecular flexibility index (Phi) is 4.30. The lowest BCUT2D eigenvalue weighted by Gasteiger charge is -2.06. The quantitative estimate of drug-likeness (QED) is 0.491. The molecule has 0 saturated carbocycles. The molecule has 0 aliphatic rings. The summed E-state index contributed by atoms with van der Waals surface area (Å²) in [6.07, 6.45) is 1.48. The van der Waals surface area contributed by atoms with Crippen molar-refractivity contribution in [3.63, 3.8) is 0 Å². The molecular weight excluding hydrogens is 343 g/mol. The lowest BCUT2D eigenvalue weighted by molar-refractivity contribution is -0.113. The van der Waals surface area contributed by atoms with Gasteiger partial charge in [-0.3, -0.25) is 4.79 Å². The van der Waals surface area contributed by atoms with Gasteiger partial charge in [-0.1, -0.05) is 23.4 Å². The maximum Gasteiger partial charge on any atom is 0.234 e. The van der Waals surface area contributed by atoms with Gasteiger partial charge in [0.05, 0.1) is 17.1 Å². The highest BCUT2D eigenvalue weighted by atomic mass is 35.5. The van der Waals surface area contributed by atoms with Gasteiger partial charge >= 0.3 is 0 Å². The molecule has 2 heterocycles. The van der Waals surface area contributed by atoms with Crippen LogP contribution in [0.5, 0.6) is 0 Å². The summed E-state index contributed by atoms with van der Waals surface area (Å²) in [4.78, 5) is 26.9. The number of H-pyrrole nitrogens is 1. The van der Waals surface area contributed by atoms with Crippen LogP contribution in [-0.2, 0) is 4.79 Å². The number of aromatic nitrogens is 4. The standard InChI is InChI=1S/C13H10ClFN6OS/c14-7-3-6(1-2-8(7)15)19-9(22)4-23-12-10-11(18-5-17-10)20-13(16)21-12/h1-3,5H,4H2,(H,19,22)(H3,16,17,18,20,21). The third-order valence-electron chi connectivity index (χ3n) is 2.81.